The van der Waals surface area contributed by atoms with Gasteiger partial charge in [-0.05, 0) is 33.8 Å². The van der Waals surface area contributed by atoms with Crippen LogP contribution in [0.5, 0.6) is 0 Å². The summed E-state index contributed by atoms with van der Waals surface area (Å²) in [6, 6.07) is 19.2. The Morgan fingerprint density at radius 2 is 1.78 bits per heavy atom. The van der Waals surface area contributed by atoms with Gasteiger partial charge in [0, 0.05) is 17.3 Å². The number of rotatable bonds is 3. The maximum Gasteiger partial charge on any atom is 0.0343 e. The van der Waals surface area contributed by atoms with Gasteiger partial charge in [0.25, 0.3) is 0 Å². The predicted molar refractivity (Wildman–Crippen MR) is 78.9 cm³/mol. The van der Waals surface area contributed by atoms with Crippen molar-refractivity contribution in [3.63, 3.8) is 0 Å². The molecule has 0 spiro atoms. The summed E-state index contributed by atoms with van der Waals surface area (Å²) in [7, 11) is 0. The average molecular weight is 253 g/mol. The lowest BCUT2D eigenvalue weighted by Gasteiger charge is -2.11. The van der Waals surface area contributed by atoms with Gasteiger partial charge in [0.1, 0.15) is 0 Å². The minimum atomic E-state index is 0.0771. The molecule has 0 amide bonds. The summed E-state index contributed by atoms with van der Waals surface area (Å²) < 4.78 is 0. The summed E-state index contributed by atoms with van der Waals surface area (Å²) in [5.41, 5.74) is 7.49. The van der Waals surface area contributed by atoms with Gasteiger partial charge in [0.05, 0.1) is 0 Å². The van der Waals surface area contributed by atoms with Crippen LogP contribution in [0, 0.1) is 0 Å². The molecule has 1 unspecified atom stereocenters. The van der Waals surface area contributed by atoms with E-state index in [-0.39, 0.29) is 6.04 Å². The number of hydrogen-bond donors (Lipinski definition) is 1. The van der Waals surface area contributed by atoms with Crippen molar-refractivity contribution in [2.45, 2.75) is 12.5 Å². The van der Waals surface area contributed by atoms with Crippen molar-refractivity contribution in [2.75, 3.05) is 0 Å². The monoisotopic (exact) mass is 253 g/mol. The summed E-state index contributed by atoms with van der Waals surface area (Å²) >= 11 is 1.77. The van der Waals surface area contributed by atoms with E-state index in [1.807, 2.05) is 0 Å². The maximum atomic E-state index is 6.28. The molecule has 0 radical (unpaired) electrons. The molecule has 1 heterocycles. The standard InChI is InChI=1S/C16H15NS/c17-16(11-15-6-3-9-18-15)14-8-7-12-4-1-2-5-13(12)10-14/h1-10,16H,11,17H2. The SMILES string of the molecule is NC(Cc1cccs1)c1ccc2ccccc2c1. The topological polar surface area (TPSA) is 26.0 Å². The van der Waals surface area contributed by atoms with E-state index in [0.717, 1.165) is 6.42 Å². The molecule has 0 aliphatic carbocycles. The first-order valence-corrected chi connectivity index (χ1v) is 6.97. The molecule has 3 aromatic rings. The Bertz CT molecular complexity index is 643. The molecule has 0 bridgehead atoms. The fourth-order valence-electron chi connectivity index (χ4n) is 2.20. The molecule has 0 aliphatic rings. The van der Waals surface area contributed by atoms with Crippen LogP contribution in [-0.2, 0) is 6.42 Å². The lowest BCUT2D eigenvalue weighted by molar-refractivity contribution is 0.731. The largest absolute Gasteiger partial charge is 0.324 e. The smallest absolute Gasteiger partial charge is 0.0343 e. The molecule has 0 saturated heterocycles. The Hall–Kier alpha value is -1.64. The van der Waals surface area contributed by atoms with Crippen molar-refractivity contribution in [3.8, 4) is 0 Å². The van der Waals surface area contributed by atoms with Crippen LogP contribution in [0.4, 0.5) is 0 Å². The Labute approximate surface area is 111 Å². The van der Waals surface area contributed by atoms with Crippen LogP contribution in [0.15, 0.2) is 60.0 Å². The zero-order valence-corrected chi connectivity index (χ0v) is 10.9. The number of fused-ring (bicyclic) bond motifs is 1. The Balaban J connectivity index is 1.89. The zero-order valence-electron chi connectivity index (χ0n) is 10.0. The number of benzene rings is 2. The van der Waals surface area contributed by atoms with Crippen LogP contribution in [0.1, 0.15) is 16.5 Å². The lowest BCUT2D eigenvalue weighted by atomic mass is 10.00. The van der Waals surface area contributed by atoms with E-state index in [1.165, 1.54) is 21.2 Å². The second kappa shape index (κ2) is 4.92. The van der Waals surface area contributed by atoms with Crippen molar-refractivity contribution in [1.29, 1.82) is 0 Å². The van der Waals surface area contributed by atoms with Gasteiger partial charge in [0.2, 0.25) is 0 Å². The second-order valence-corrected chi connectivity index (χ2v) is 5.53. The molecular weight excluding hydrogens is 238 g/mol. The first-order valence-electron chi connectivity index (χ1n) is 6.09. The molecule has 1 nitrogen and oxygen atoms in total. The summed E-state index contributed by atoms with van der Waals surface area (Å²) in [6.07, 6.45) is 0.913. The molecule has 3 rings (SSSR count). The van der Waals surface area contributed by atoms with Gasteiger partial charge in [-0.1, -0.05) is 42.5 Å². The van der Waals surface area contributed by atoms with Crippen LogP contribution >= 0.6 is 11.3 Å². The molecule has 0 saturated carbocycles. The van der Waals surface area contributed by atoms with E-state index in [1.54, 1.807) is 11.3 Å². The van der Waals surface area contributed by atoms with Crippen LogP contribution in [0.3, 0.4) is 0 Å². The summed E-state index contributed by atoms with van der Waals surface area (Å²) in [4.78, 5) is 1.34. The third-order valence-electron chi connectivity index (χ3n) is 3.20. The molecule has 1 aromatic heterocycles. The van der Waals surface area contributed by atoms with Crippen LogP contribution < -0.4 is 5.73 Å². The Morgan fingerprint density at radius 3 is 2.56 bits per heavy atom. The van der Waals surface area contributed by atoms with E-state index in [9.17, 15) is 0 Å². The molecular formula is C16H15NS. The van der Waals surface area contributed by atoms with E-state index in [2.05, 4.69) is 60.0 Å². The highest BCUT2D eigenvalue weighted by molar-refractivity contribution is 7.09. The molecule has 2 heteroatoms. The van der Waals surface area contributed by atoms with Gasteiger partial charge in [-0.2, -0.15) is 0 Å². The van der Waals surface area contributed by atoms with Gasteiger partial charge < -0.3 is 5.73 Å². The van der Waals surface area contributed by atoms with Crippen molar-refractivity contribution in [1.82, 2.24) is 0 Å². The molecule has 2 aromatic carbocycles. The lowest BCUT2D eigenvalue weighted by Crippen LogP contribution is -2.12. The highest BCUT2D eigenvalue weighted by Crippen LogP contribution is 2.23. The highest BCUT2D eigenvalue weighted by Gasteiger charge is 2.08. The van der Waals surface area contributed by atoms with Gasteiger partial charge in [-0.25, -0.2) is 0 Å². The van der Waals surface area contributed by atoms with E-state index < -0.39 is 0 Å². The molecule has 18 heavy (non-hydrogen) atoms. The molecule has 0 aliphatic heterocycles. The summed E-state index contributed by atoms with van der Waals surface area (Å²) in [6.45, 7) is 0. The summed E-state index contributed by atoms with van der Waals surface area (Å²) in [5.74, 6) is 0. The van der Waals surface area contributed by atoms with Crippen LogP contribution in [0.2, 0.25) is 0 Å². The number of nitrogens with two attached hydrogens (primary N) is 1. The first-order chi connectivity index (χ1) is 8.83. The van der Waals surface area contributed by atoms with E-state index >= 15 is 0 Å². The zero-order chi connectivity index (χ0) is 12.4. The molecule has 1 atom stereocenters. The van der Waals surface area contributed by atoms with E-state index in [4.69, 9.17) is 5.73 Å². The summed E-state index contributed by atoms with van der Waals surface area (Å²) in [5, 5.41) is 4.63. The third kappa shape index (κ3) is 2.30. The predicted octanol–water partition coefficient (Wildman–Crippen LogP) is 4.14. The Kier molecular flexibility index (Phi) is 3.13. The number of hydrogen-bond acceptors (Lipinski definition) is 2. The minimum Gasteiger partial charge on any atom is -0.324 e. The van der Waals surface area contributed by atoms with Gasteiger partial charge in [0.15, 0.2) is 0 Å². The third-order valence-corrected chi connectivity index (χ3v) is 4.10. The van der Waals surface area contributed by atoms with Crippen LogP contribution in [0.25, 0.3) is 10.8 Å². The van der Waals surface area contributed by atoms with Crippen LogP contribution in [-0.4, -0.2) is 0 Å². The fraction of sp³-hybridized carbons (Fsp3) is 0.125. The minimum absolute atomic E-state index is 0.0771. The second-order valence-electron chi connectivity index (χ2n) is 4.50. The normalized spacial score (nSPS) is 12.7. The van der Waals surface area contributed by atoms with Gasteiger partial charge in [-0.3, -0.25) is 0 Å². The highest BCUT2D eigenvalue weighted by atomic mass is 32.1. The van der Waals surface area contributed by atoms with Gasteiger partial charge >= 0.3 is 0 Å². The van der Waals surface area contributed by atoms with Crippen molar-refractivity contribution in [3.05, 3.63) is 70.4 Å². The van der Waals surface area contributed by atoms with Gasteiger partial charge in [-0.15, -0.1) is 11.3 Å². The number of thiophene rings is 1. The maximum absolute atomic E-state index is 6.28. The van der Waals surface area contributed by atoms with Crippen molar-refractivity contribution in [2.24, 2.45) is 5.73 Å². The Morgan fingerprint density at radius 1 is 0.944 bits per heavy atom. The van der Waals surface area contributed by atoms with Crippen molar-refractivity contribution >= 4 is 22.1 Å². The fourth-order valence-corrected chi connectivity index (χ4v) is 2.97. The first kappa shape index (κ1) is 11.5. The quantitative estimate of drug-likeness (QED) is 0.745. The molecule has 2 N–H and O–H groups in total. The molecule has 90 valence electrons. The average Bonchev–Trinajstić information content (AvgIpc) is 2.91. The van der Waals surface area contributed by atoms with Crippen molar-refractivity contribution < 1.29 is 0 Å². The van der Waals surface area contributed by atoms with E-state index in [0.29, 0.717) is 0 Å². The molecule has 0 fully saturated rings.